The zero-order valence-corrected chi connectivity index (χ0v) is 5.88. The molecule has 0 unspecified atom stereocenters. The van der Waals surface area contributed by atoms with E-state index in [0.717, 1.165) is 0 Å². The van der Waals surface area contributed by atoms with Crippen LogP contribution in [-0.4, -0.2) is 22.2 Å². The third-order valence-electron chi connectivity index (χ3n) is 0.247. The maximum atomic E-state index is 9.37. The van der Waals surface area contributed by atoms with Gasteiger partial charge in [0.1, 0.15) is 0 Å². The second-order valence-corrected chi connectivity index (χ2v) is 0.821. The van der Waals surface area contributed by atoms with Crippen LogP contribution in [-0.2, 0) is 30.7 Å². The largest absolute Gasteiger partial charge is 0.503 e. The molecule has 0 aliphatic rings. The smallest absolute Gasteiger partial charge is 0.173 e. The monoisotopic (exact) mass is 298 g/mol. The molecule has 2 N–H and O–H groups in total. The molecule has 0 saturated carbocycles. The van der Waals surface area contributed by atoms with Crippen molar-refractivity contribution < 1.29 is 40.9 Å². The van der Waals surface area contributed by atoms with Crippen LogP contribution in [0.15, 0.2) is 0 Å². The SMILES string of the molecule is O=C(O)[CH-]C(=O)O.[Pt]. The van der Waals surface area contributed by atoms with Crippen molar-refractivity contribution >= 4 is 11.9 Å². The summed E-state index contributed by atoms with van der Waals surface area (Å²) in [5.41, 5.74) is 0. The van der Waals surface area contributed by atoms with Crippen LogP contribution in [0.1, 0.15) is 0 Å². The Morgan fingerprint density at radius 2 is 1.38 bits per heavy atom. The molecule has 0 spiro atoms. The Hall–Kier alpha value is -0.502. The molecule has 0 saturated heterocycles. The minimum Gasteiger partial charge on any atom is -0.503 e. The first-order valence-corrected chi connectivity index (χ1v) is 1.43. The van der Waals surface area contributed by atoms with Crippen LogP contribution in [0.3, 0.4) is 0 Å². The Balaban J connectivity index is 0. The summed E-state index contributed by atoms with van der Waals surface area (Å²) < 4.78 is 0. The molecular weight excluding hydrogens is 295 g/mol. The Bertz CT molecular complexity index is 87.5. The Morgan fingerprint density at radius 3 is 1.38 bits per heavy atom. The molecule has 0 aliphatic heterocycles. The number of hydrogen-bond acceptors (Lipinski definition) is 2. The van der Waals surface area contributed by atoms with E-state index in [1.807, 2.05) is 0 Å². The first-order chi connectivity index (χ1) is 3.13. The standard InChI is InChI=1S/C3H3O4.Pt/c4-2(5)1-3(6)7;/h1H,(H,4,5)(H,6,7);/q-1;. The Kier molecular flexibility index (Phi) is 6.09. The fourth-order valence-corrected chi connectivity index (χ4v) is 0.106. The number of hydrogen-bond donors (Lipinski definition) is 2. The van der Waals surface area contributed by atoms with Gasteiger partial charge in [-0.15, -0.1) is 0 Å². The van der Waals surface area contributed by atoms with Crippen LogP contribution in [0.5, 0.6) is 0 Å². The van der Waals surface area contributed by atoms with E-state index in [-0.39, 0.29) is 27.5 Å². The zero-order valence-electron chi connectivity index (χ0n) is 3.60. The molecule has 0 bridgehead atoms. The van der Waals surface area contributed by atoms with Gasteiger partial charge in [0.15, 0.2) is 11.9 Å². The minimum absolute atomic E-state index is 0. The first-order valence-electron chi connectivity index (χ1n) is 1.43. The van der Waals surface area contributed by atoms with Gasteiger partial charge in [-0.25, -0.2) is 0 Å². The van der Waals surface area contributed by atoms with Gasteiger partial charge in [0.25, 0.3) is 0 Å². The number of carbonyl (C=O) groups is 2. The minimum atomic E-state index is -1.44. The molecule has 4 nitrogen and oxygen atoms in total. The van der Waals surface area contributed by atoms with E-state index in [4.69, 9.17) is 10.2 Å². The van der Waals surface area contributed by atoms with E-state index in [1.165, 1.54) is 0 Å². The molecule has 5 heteroatoms. The van der Waals surface area contributed by atoms with Crippen molar-refractivity contribution in [2.75, 3.05) is 0 Å². The number of rotatable bonds is 2. The molecule has 0 atom stereocenters. The van der Waals surface area contributed by atoms with E-state index < -0.39 is 11.9 Å². The molecule has 0 heterocycles. The third-order valence-corrected chi connectivity index (χ3v) is 0.247. The second-order valence-electron chi connectivity index (χ2n) is 0.821. The van der Waals surface area contributed by atoms with Crippen LogP contribution in [0.25, 0.3) is 0 Å². The van der Waals surface area contributed by atoms with E-state index in [0.29, 0.717) is 0 Å². The van der Waals surface area contributed by atoms with E-state index >= 15 is 0 Å². The maximum absolute atomic E-state index is 9.37. The maximum Gasteiger partial charge on any atom is 0.173 e. The van der Waals surface area contributed by atoms with Crippen molar-refractivity contribution in [3.63, 3.8) is 0 Å². The normalized spacial score (nSPS) is 6.50. The van der Waals surface area contributed by atoms with Gasteiger partial charge in [0.05, 0.1) is 0 Å². The van der Waals surface area contributed by atoms with Crippen LogP contribution in [0.2, 0.25) is 0 Å². The quantitative estimate of drug-likeness (QED) is 0.525. The second kappa shape index (κ2) is 4.65. The molecular formula is C3H3O4Pt-. The van der Waals surface area contributed by atoms with Crippen LogP contribution in [0.4, 0.5) is 0 Å². The van der Waals surface area contributed by atoms with Crippen molar-refractivity contribution in [3.8, 4) is 0 Å². The van der Waals surface area contributed by atoms with Gasteiger partial charge in [0, 0.05) is 21.1 Å². The van der Waals surface area contributed by atoms with Crippen LogP contribution in [0, 0.1) is 6.42 Å². The fraction of sp³-hybridized carbons (Fsp3) is 0. The zero-order chi connectivity index (χ0) is 5.86. The molecule has 0 rings (SSSR count). The Labute approximate surface area is 59.8 Å². The molecule has 50 valence electrons. The van der Waals surface area contributed by atoms with Gasteiger partial charge in [0.2, 0.25) is 0 Å². The summed E-state index contributed by atoms with van der Waals surface area (Å²) >= 11 is 0. The summed E-state index contributed by atoms with van der Waals surface area (Å²) in [6.07, 6.45) is 0.167. The number of carboxylic acids is 2. The van der Waals surface area contributed by atoms with E-state index in [9.17, 15) is 9.59 Å². The average molecular weight is 298 g/mol. The van der Waals surface area contributed by atoms with Gasteiger partial charge >= 0.3 is 0 Å². The summed E-state index contributed by atoms with van der Waals surface area (Å²) in [5, 5.41) is 15.3. The molecule has 0 amide bonds. The van der Waals surface area contributed by atoms with Gasteiger partial charge < -0.3 is 10.2 Å². The molecule has 0 aromatic heterocycles. The van der Waals surface area contributed by atoms with Crippen molar-refractivity contribution in [1.82, 2.24) is 0 Å². The van der Waals surface area contributed by atoms with Crippen LogP contribution >= 0.6 is 0 Å². The van der Waals surface area contributed by atoms with Crippen molar-refractivity contribution in [1.29, 1.82) is 0 Å². The molecule has 0 radical (unpaired) electrons. The van der Waals surface area contributed by atoms with Crippen LogP contribution < -0.4 is 0 Å². The summed E-state index contributed by atoms with van der Waals surface area (Å²) in [6.45, 7) is 0. The third kappa shape index (κ3) is 9.09. The molecule has 8 heavy (non-hydrogen) atoms. The van der Waals surface area contributed by atoms with Gasteiger partial charge in [-0.1, -0.05) is 0 Å². The Morgan fingerprint density at radius 1 is 1.12 bits per heavy atom. The predicted octanol–water partition coefficient (Wildman–Crippen LogP) is -0.643. The fourth-order valence-electron chi connectivity index (χ4n) is 0.106. The van der Waals surface area contributed by atoms with Crippen molar-refractivity contribution in [2.45, 2.75) is 0 Å². The molecule has 0 fully saturated rings. The van der Waals surface area contributed by atoms with Gasteiger partial charge in [-0.05, 0) is 0 Å². The van der Waals surface area contributed by atoms with Gasteiger partial charge in [-0.2, -0.15) is 6.42 Å². The first kappa shape index (κ1) is 10.5. The molecule has 0 aliphatic carbocycles. The van der Waals surface area contributed by atoms with Crippen molar-refractivity contribution in [2.24, 2.45) is 0 Å². The number of aliphatic carboxylic acids is 2. The predicted molar refractivity (Wildman–Crippen MR) is 19.6 cm³/mol. The molecule has 0 aromatic carbocycles. The van der Waals surface area contributed by atoms with Crippen molar-refractivity contribution in [3.05, 3.63) is 6.42 Å². The average Bonchev–Trinajstić information content (AvgIpc) is 1.27. The summed E-state index contributed by atoms with van der Waals surface area (Å²) in [6, 6.07) is 0. The van der Waals surface area contributed by atoms with E-state index in [1.54, 1.807) is 0 Å². The topological polar surface area (TPSA) is 74.6 Å². The molecule has 0 aromatic rings. The number of carboxylic acid groups (broad SMARTS) is 2. The summed E-state index contributed by atoms with van der Waals surface area (Å²) in [7, 11) is 0. The summed E-state index contributed by atoms with van der Waals surface area (Å²) in [5.74, 6) is -2.87. The van der Waals surface area contributed by atoms with Gasteiger partial charge in [-0.3, -0.25) is 9.59 Å². The van der Waals surface area contributed by atoms with E-state index in [2.05, 4.69) is 0 Å². The summed E-state index contributed by atoms with van der Waals surface area (Å²) in [4.78, 5) is 18.7.